The Kier molecular flexibility index (Phi) is 6.83. The van der Waals surface area contributed by atoms with Crippen LogP contribution in [-0.4, -0.2) is 42.5 Å². The van der Waals surface area contributed by atoms with Gasteiger partial charge in [-0.3, -0.25) is 4.21 Å². The van der Waals surface area contributed by atoms with E-state index in [1.807, 2.05) is 18.2 Å². The third-order valence-electron chi connectivity index (χ3n) is 7.34. The molecular weight excluding hydrogens is 600 g/mol. The van der Waals surface area contributed by atoms with Gasteiger partial charge >= 0.3 is 0 Å². The minimum absolute atomic E-state index is 0.195. The van der Waals surface area contributed by atoms with E-state index in [-0.39, 0.29) is 26.5 Å². The number of nitrogens with one attached hydrogen (secondary N) is 2. The van der Waals surface area contributed by atoms with E-state index in [4.69, 9.17) is 9.97 Å². The lowest BCUT2D eigenvalue weighted by molar-refractivity contribution is 0.498. The summed E-state index contributed by atoms with van der Waals surface area (Å²) in [6.07, 6.45) is 3.48. The Labute approximate surface area is 228 Å². The monoisotopic (exact) mass is 629 g/mol. The van der Waals surface area contributed by atoms with Gasteiger partial charge in [0.15, 0.2) is 5.82 Å². The van der Waals surface area contributed by atoms with Crippen molar-refractivity contribution in [1.29, 1.82) is 0 Å². The van der Waals surface area contributed by atoms with Gasteiger partial charge in [0.1, 0.15) is 10.7 Å². The highest BCUT2D eigenvalue weighted by atomic mass is 127. The van der Waals surface area contributed by atoms with Gasteiger partial charge in [0.2, 0.25) is 5.95 Å². The van der Waals surface area contributed by atoms with Crippen LogP contribution in [0.5, 0.6) is 0 Å². The molecule has 1 unspecified atom stereocenters. The third kappa shape index (κ3) is 4.71. The van der Waals surface area contributed by atoms with Crippen molar-refractivity contribution in [3.05, 3.63) is 68.8 Å². The summed E-state index contributed by atoms with van der Waals surface area (Å²) < 4.78 is 32.2. The number of fused-ring (bicyclic) bond motifs is 2. The molecule has 0 radical (unpaired) electrons. The number of aromatic nitrogens is 3. The number of aryl methyl sites for hydroxylation is 2. The fourth-order valence-corrected chi connectivity index (χ4v) is 7.87. The second-order valence-electron chi connectivity index (χ2n) is 9.54. The van der Waals surface area contributed by atoms with E-state index in [0.29, 0.717) is 29.9 Å². The minimum atomic E-state index is -1.09. The minimum Gasteiger partial charge on any atom is -0.358 e. The molecule has 0 saturated carbocycles. The second-order valence-corrected chi connectivity index (χ2v) is 13.1. The molecular formula is C28H29FIN5OS. The van der Waals surface area contributed by atoms with E-state index < -0.39 is 10.8 Å². The molecule has 192 valence electrons. The van der Waals surface area contributed by atoms with Gasteiger partial charge in [-0.15, -0.1) is 0 Å². The van der Waals surface area contributed by atoms with Crippen molar-refractivity contribution in [2.75, 3.05) is 29.1 Å². The van der Waals surface area contributed by atoms with Crippen LogP contribution in [0.15, 0.2) is 47.4 Å². The number of benzene rings is 2. The molecule has 6 nitrogen and oxygen atoms in total. The highest BCUT2D eigenvalue weighted by Crippen LogP contribution is 2.38. The van der Waals surface area contributed by atoms with E-state index in [2.05, 4.69) is 38.8 Å². The largest absolute Gasteiger partial charge is 0.358 e. The fourth-order valence-electron chi connectivity index (χ4n) is 5.55. The molecule has 2 aliphatic heterocycles. The van der Waals surface area contributed by atoms with Crippen molar-refractivity contribution < 1.29 is 8.60 Å². The van der Waals surface area contributed by atoms with Crippen LogP contribution in [0, 0.1) is 9.39 Å². The number of H-pyrrole nitrogens is 1. The van der Waals surface area contributed by atoms with Gasteiger partial charge in [-0.05, 0) is 67.1 Å². The molecule has 2 N–H and O–H groups in total. The quantitative estimate of drug-likeness (QED) is 0.255. The summed E-state index contributed by atoms with van der Waals surface area (Å²) in [5, 5.41) is 4.44. The first-order valence-corrected chi connectivity index (χ1v) is 16.6. The maximum Gasteiger partial charge on any atom is 0.227 e. The molecule has 1 saturated heterocycles. The number of piperidine rings is 1. The van der Waals surface area contributed by atoms with Crippen LogP contribution >= 0.6 is 20.7 Å². The molecule has 2 aliphatic rings. The Hall–Kier alpha value is -2.66. The standard InChI is InChI=1S/C28H29FIN5OS/c1-3-22-25(21-15-18(29)7-8-23(21)32-22)17-9-12-35(13-10-17)28-33-24-11-14-37(36)26(24)27(34-28)31-20-6-4-5-19(16-20)30-2/h4-8,15-17,32H,2-3,9-14H2,1H3,(H,31,33,34). The Morgan fingerprint density at radius 3 is 2.84 bits per heavy atom. The zero-order chi connectivity index (χ0) is 25.5. The number of hydrogen-bond donors (Lipinski definition) is 2. The first kappa shape index (κ1) is 24.7. The molecule has 0 aliphatic carbocycles. The Bertz CT molecular complexity index is 1530. The topological polar surface area (TPSA) is 73.9 Å². The molecule has 4 heterocycles. The van der Waals surface area contributed by atoms with Gasteiger partial charge in [-0.25, -0.2) is 9.37 Å². The van der Waals surface area contributed by atoms with E-state index in [1.165, 1.54) is 20.9 Å². The lowest BCUT2D eigenvalue weighted by Crippen LogP contribution is -2.34. The lowest BCUT2D eigenvalue weighted by atomic mass is 9.87. The predicted molar refractivity (Wildman–Crippen MR) is 158 cm³/mol. The van der Waals surface area contributed by atoms with E-state index >= 15 is 0 Å². The summed E-state index contributed by atoms with van der Waals surface area (Å²) >= 11 is -0.267. The third-order valence-corrected chi connectivity index (χ3v) is 10.4. The Morgan fingerprint density at radius 2 is 2.05 bits per heavy atom. The van der Waals surface area contributed by atoms with Crippen molar-refractivity contribution in [3.63, 3.8) is 0 Å². The van der Waals surface area contributed by atoms with E-state index in [0.717, 1.165) is 59.5 Å². The highest BCUT2D eigenvalue weighted by Gasteiger charge is 2.30. The van der Waals surface area contributed by atoms with Crippen LogP contribution in [0.4, 0.5) is 21.8 Å². The number of rotatable bonds is 6. The summed E-state index contributed by atoms with van der Waals surface area (Å²) in [5.74, 6) is 2.10. The summed E-state index contributed by atoms with van der Waals surface area (Å²) in [7, 11) is -1.09. The van der Waals surface area contributed by atoms with Crippen molar-refractivity contribution >= 4 is 64.4 Å². The maximum absolute atomic E-state index is 14.1. The van der Waals surface area contributed by atoms with Gasteiger partial charge in [0.05, 0.1) is 16.5 Å². The first-order valence-electron chi connectivity index (χ1n) is 12.6. The lowest BCUT2D eigenvalue weighted by Gasteiger charge is -2.33. The Morgan fingerprint density at radius 1 is 1.22 bits per heavy atom. The number of halogens is 2. The number of anilines is 3. The molecule has 6 rings (SSSR count). The molecule has 0 amide bonds. The van der Waals surface area contributed by atoms with Gasteiger partial charge in [-0.2, -0.15) is 4.98 Å². The van der Waals surface area contributed by atoms with Crippen LogP contribution in [-0.2, 0) is 23.6 Å². The molecule has 0 spiro atoms. The van der Waals surface area contributed by atoms with Crippen LogP contribution in [0.3, 0.4) is 0 Å². The maximum atomic E-state index is 14.1. The molecule has 1 fully saturated rings. The number of nitrogens with zero attached hydrogens (tertiary/aromatic N) is 3. The Balaban J connectivity index is 1.28. The van der Waals surface area contributed by atoms with Gasteiger partial charge in [0, 0.05) is 51.1 Å². The van der Waals surface area contributed by atoms with Crippen molar-refractivity contribution in [2.24, 2.45) is 0 Å². The summed E-state index contributed by atoms with van der Waals surface area (Å²) in [5.41, 5.74) is 5.29. The first-order chi connectivity index (χ1) is 18.0. The molecule has 2 aromatic carbocycles. The second kappa shape index (κ2) is 10.2. The van der Waals surface area contributed by atoms with Crippen molar-refractivity contribution in [3.8, 4) is 0 Å². The summed E-state index contributed by atoms with van der Waals surface area (Å²) in [6.45, 7) is 3.78. The van der Waals surface area contributed by atoms with Crippen molar-refractivity contribution in [1.82, 2.24) is 15.0 Å². The average Bonchev–Trinajstić information content (AvgIpc) is 3.48. The van der Waals surface area contributed by atoms with Crippen LogP contribution in [0.25, 0.3) is 10.9 Å². The smallest absolute Gasteiger partial charge is 0.227 e. The molecule has 0 bridgehead atoms. The normalized spacial score (nSPS) is 17.9. The molecule has 37 heavy (non-hydrogen) atoms. The summed E-state index contributed by atoms with van der Waals surface area (Å²) in [6, 6.07) is 13.3. The SMILES string of the molecule is C=Ic1cccc(Nc2nc(N3CCC(c4c(CC)[nH]c5ccc(F)cc45)CC3)nc3c2S(=O)CC3)c1. The summed E-state index contributed by atoms with van der Waals surface area (Å²) in [4.78, 5) is 16.3. The van der Waals surface area contributed by atoms with Gasteiger partial charge < -0.3 is 15.2 Å². The zero-order valence-corrected chi connectivity index (χ0v) is 23.7. The van der Waals surface area contributed by atoms with Crippen LogP contribution in [0.2, 0.25) is 0 Å². The zero-order valence-electron chi connectivity index (χ0n) is 20.7. The average molecular weight is 630 g/mol. The highest BCUT2D eigenvalue weighted by molar-refractivity contribution is 14.2. The predicted octanol–water partition coefficient (Wildman–Crippen LogP) is 6.02. The van der Waals surface area contributed by atoms with E-state index in [1.54, 1.807) is 6.07 Å². The van der Waals surface area contributed by atoms with Gasteiger partial charge in [0.25, 0.3) is 0 Å². The van der Waals surface area contributed by atoms with Crippen LogP contribution < -0.4 is 10.2 Å². The molecule has 4 aromatic rings. The van der Waals surface area contributed by atoms with Crippen molar-refractivity contribution in [2.45, 2.75) is 43.4 Å². The van der Waals surface area contributed by atoms with Crippen LogP contribution in [0.1, 0.15) is 42.6 Å². The fraction of sp³-hybridized carbons (Fsp3) is 0.321. The number of hydrogen-bond acceptors (Lipinski definition) is 5. The van der Waals surface area contributed by atoms with Gasteiger partial charge in [-0.1, -0.05) is 38.2 Å². The molecule has 1 atom stereocenters. The van der Waals surface area contributed by atoms with E-state index in [9.17, 15) is 8.60 Å². The number of aromatic amines is 1. The molecule has 2 aromatic heterocycles. The molecule has 9 heteroatoms.